The molecule has 2 aromatic carbocycles. The Morgan fingerprint density at radius 2 is 1.62 bits per heavy atom. The fraction of sp³-hybridized carbons (Fsp3) is 0.125. The molecule has 2 N–H and O–H groups in total. The van der Waals surface area contributed by atoms with Gasteiger partial charge in [-0.25, -0.2) is 9.59 Å². The van der Waals surface area contributed by atoms with Crippen molar-refractivity contribution in [1.29, 1.82) is 0 Å². The van der Waals surface area contributed by atoms with Crippen LogP contribution in [0.25, 0.3) is 11.1 Å². The van der Waals surface area contributed by atoms with Gasteiger partial charge in [-0.15, -0.1) is 0 Å². The standard InChI is InChI=1S/C16H10F3IO4/c1-7-10(4-8(14(21)22)5-11(7)15(23)24)12-6-9(16(17,18)19)2-3-13(12)20/h2-6H,1H3,(H,21,22)(H,23,24). The highest BCUT2D eigenvalue weighted by atomic mass is 127. The highest BCUT2D eigenvalue weighted by molar-refractivity contribution is 14.1. The number of rotatable bonds is 3. The predicted octanol–water partition coefficient (Wildman–Crippen LogP) is 4.68. The van der Waals surface area contributed by atoms with E-state index in [9.17, 15) is 27.9 Å². The molecule has 0 spiro atoms. The van der Waals surface area contributed by atoms with E-state index in [1.165, 1.54) is 19.1 Å². The number of carbonyl (C=O) groups is 2. The number of alkyl halides is 3. The summed E-state index contributed by atoms with van der Waals surface area (Å²) < 4.78 is 39.3. The fourth-order valence-corrected chi connectivity index (χ4v) is 2.87. The highest BCUT2D eigenvalue weighted by Crippen LogP contribution is 2.36. The van der Waals surface area contributed by atoms with Crippen LogP contribution in [0.4, 0.5) is 13.2 Å². The molecule has 24 heavy (non-hydrogen) atoms. The molecule has 0 atom stereocenters. The van der Waals surface area contributed by atoms with Gasteiger partial charge in [0.05, 0.1) is 16.7 Å². The molecule has 0 aromatic heterocycles. The topological polar surface area (TPSA) is 74.6 Å². The lowest BCUT2D eigenvalue weighted by Crippen LogP contribution is -2.08. The van der Waals surface area contributed by atoms with E-state index < -0.39 is 23.7 Å². The number of hydrogen-bond donors (Lipinski definition) is 2. The molecule has 4 nitrogen and oxygen atoms in total. The molecule has 2 aromatic rings. The van der Waals surface area contributed by atoms with Crippen molar-refractivity contribution < 1.29 is 33.0 Å². The Morgan fingerprint density at radius 3 is 2.12 bits per heavy atom. The minimum atomic E-state index is -4.56. The van der Waals surface area contributed by atoms with Crippen LogP contribution in [0.1, 0.15) is 31.8 Å². The van der Waals surface area contributed by atoms with Crippen LogP contribution in [0.15, 0.2) is 30.3 Å². The monoisotopic (exact) mass is 450 g/mol. The molecule has 0 saturated heterocycles. The molecule has 0 amide bonds. The van der Waals surface area contributed by atoms with E-state index in [2.05, 4.69) is 0 Å². The van der Waals surface area contributed by atoms with Gasteiger partial charge in [0, 0.05) is 3.57 Å². The second-order valence-electron chi connectivity index (χ2n) is 5.00. The number of benzene rings is 2. The second kappa shape index (κ2) is 6.42. The number of halogens is 4. The zero-order valence-corrected chi connectivity index (χ0v) is 14.3. The molecule has 0 unspecified atom stereocenters. The molecule has 8 heteroatoms. The molecule has 0 heterocycles. The Balaban J connectivity index is 2.81. The maximum Gasteiger partial charge on any atom is 0.416 e. The van der Waals surface area contributed by atoms with Gasteiger partial charge < -0.3 is 10.2 Å². The molecule has 0 aliphatic heterocycles. The van der Waals surface area contributed by atoms with Crippen LogP contribution in [0.3, 0.4) is 0 Å². The van der Waals surface area contributed by atoms with Crippen molar-refractivity contribution >= 4 is 34.5 Å². The van der Waals surface area contributed by atoms with Gasteiger partial charge in [0.25, 0.3) is 0 Å². The summed E-state index contributed by atoms with van der Waals surface area (Å²) in [4.78, 5) is 22.5. The van der Waals surface area contributed by atoms with Gasteiger partial charge in [0.2, 0.25) is 0 Å². The van der Waals surface area contributed by atoms with Crippen LogP contribution in [0.2, 0.25) is 0 Å². The molecular weight excluding hydrogens is 440 g/mol. The Kier molecular flexibility index (Phi) is 4.88. The van der Waals surface area contributed by atoms with E-state index in [1.807, 2.05) is 22.6 Å². The number of aromatic carboxylic acids is 2. The van der Waals surface area contributed by atoms with Crippen LogP contribution in [-0.2, 0) is 6.18 Å². The summed E-state index contributed by atoms with van der Waals surface area (Å²) in [5, 5.41) is 18.4. The fourth-order valence-electron chi connectivity index (χ4n) is 2.25. The Labute approximate surface area is 148 Å². The summed E-state index contributed by atoms with van der Waals surface area (Å²) in [5.41, 5.74) is -0.990. The lowest BCUT2D eigenvalue weighted by Gasteiger charge is -2.15. The van der Waals surface area contributed by atoms with Gasteiger partial charge in [-0.05, 0) is 76.5 Å². The van der Waals surface area contributed by atoms with Crippen LogP contribution >= 0.6 is 22.6 Å². The number of carboxylic acids is 2. The molecule has 0 aliphatic rings. The second-order valence-corrected chi connectivity index (χ2v) is 6.16. The van der Waals surface area contributed by atoms with Crippen molar-refractivity contribution in [3.63, 3.8) is 0 Å². The average Bonchev–Trinajstić information content (AvgIpc) is 2.46. The maximum atomic E-state index is 12.9. The van der Waals surface area contributed by atoms with E-state index in [0.717, 1.165) is 18.2 Å². The third kappa shape index (κ3) is 3.53. The third-order valence-electron chi connectivity index (χ3n) is 3.47. The summed E-state index contributed by atoms with van der Waals surface area (Å²) in [6, 6.07) is 5.24. The first-order valence-corrected chi connectivity index (χ1v) is 7.58. The molecular formula is C16H10F3IO4. The highest BCUT2D eigenvalue weighted by Gasteiger charge is 2.31. The minimum absolute atomic E-state index is 0.133. The lowest BCUT2D eigenvalue weighted by atomic mass is 9.93. The Hall–Kier alpha value is -2.10. The first-order chi connectivity index (χ1) is 11.0. The molecule has 0 saturated carbocycles. The molecule has 2 rings (SSSR count). The van der Waals surface area contributed by atoms with Crippen molar-refractivity contribution in [2.24, 2.45) is 0 Å². The zero-order chi connectivity index (χ0) is 18.2. The molecule has 0 bridgehead atoms. The van der Waals surface area contributed by atoms with Gasteiger partial charge in [0.1, 0.15) is 0 Å². The largest absolute Gasteiger partial charge is 0.478 e. The Morgan fingerprint density at radius 1 is 1.00 bits per heavy atom. The third-order valence-corrected chi connectivity index (χ3v) is 4.41. The summed E-state index contributed by atoms with van der Waals surface area (Å²) >= 11 is 1.82. The van der Waals surface area contributed by atoms with Gasteiger partial charge in [0.15, 0.2) is 0 Å². The predicted molar refractivity (Wildman–Crippen MR) is 88.3 cm³/mol. The van der Waals surface area contributed by atoms with Crippen molar-refractivity contribution in [2.75, 3.05) is 0 Å². The Bertz CT molecular complexity index is 844. The van der Waals surface area contributed by atoms with Gasteiger partial charge >= 0.3 is 18.1 Å². The van der Waals surface area contributed by atoms with E-state index in [1.54, 1.807) is 0 Å². The molecule has 0 aliphatic carbocycles. The first kappa shape index (κ1) is 18.2. The summed E-state index contributed by atoms with van der Waals surface area (Å²) in [5.74, 6) is -2.71. The summed E-state index contributed by atoms with van der Waals surface area (Å²) in [7, 11) is 0. The normalized spacial score (nSPS) is 11.4. The van der Waals surface area contributed by atoms with Crippen LogP contribution < -0.4 is 0 Å². The smallest absolute Gasteiger partial charge is 0.416 e. The first-order valence-electron chi connectivity index (χ1n) is 6.50. The molecule has 0 fully saturated rings. The van der Waals surface area contributed by atoms with Crippen molar-refractivity contribution in [3.05, 3.63) is 56.2 Å². The van der Waals surface area contributed by atoms with Gasteiger partial charge in [-0.2, -0.15) is 13.2 Å². The van der Waals surface area contributed by atoms with Gasteiger partial charge in [-0.3, -0.25) is 0 Å². The minimum Gasteiger partial charge on any atom is -0.478 e. The van der Waals surface area contributed by atoms with Crippen LogP contribution in [-0.4, -0.2) is 22.2 Å². The van der Waals surface area contributed by atoms with E-state index >= 15 is 0 Å². The zero-order valence-electron chi connectivity index (χ0n) is 12.1. The number of carboxylic acid groups (broad SMARTS) is 2. The van der Waals surface area contributed by atoms with E-state index in [0.29, 0.717) is 3.57 Å². The molecule has 126 valence electrons. The summed E-state index contributed by atoms with van der Waals surface area (Å²) in [6.07, 6.45) is -4.56. The van der Waals surface area contributed by atoms with Crippen LogP contribution in [0.5, 0.6) is 0 Å². The lowest BCUT2D eigenvalue weighted by molar-refractivity contribution is -0.137. The molecule has 0 radical (unpaired) electrons. The van der Waals surface area contributed by atoms with E-state index in [4.69, 9.17) is 5.11 Å². The van der Waals surface area contributed by atoms with Crippen LogP contribution in [0, 0.1) is 10.5 Å². The van der Waals surface area contributed by atoms with Gasteiger partial charge in [-0.1, -0.05) is 0 Å². The SMILES string of the molecule is Cc1c(C(=O)O)cc(C(=O)O)cc1-c1cc(C(F)(F)F)ccc1I. The average molecular weight is 450 g/mol. The maximum absolute atomic E-state index is 12.9. The van der Waals surface area contributed by atoms with Crippen molar-refractivity contribution in [3.8, 4) is 11.1 Å². The van der Waals surface area contributed by atoms with E-state index in [-0.39, 0.29) is 27.8 Å². The quantitative estimate of drug-likeness (QED) is 0.667. The summed E-state index contributed by atoms with van der Waals surface area (Å²) in [6.45, 7) is 1.43. The number of hydrogen-bond acceptors (Lipinski definition) is 2. The van der Waals surface area contributed by atoms with Crippen molar-refractivity contribution in [2.45, 2.75) is 13.1 Å². The van der Waals surface area contributed by atoms with Crippen molar-refractivity contribution in [1.82, 2.24) is 0 Å².